The molecule has 0 aliphatic carbocycles. The second-order valence-corrected chi connectivity index (χ2v) is 6.64. The molecule has 1 aromatic carbocycles. The standard InChI is InChI=1S/C18H18N4S/c1-3-13-4-6-14(7-5-13)15-10-16(17-12(2)8-9-23-17)22-18(21-15)19-11-20-22/h4-11,16H,3H2,1-2H3,(H,19,20,21)/t16-/m1/s1. The molecular formula is C18H18N4S. The van der Waals surface area contributed by atoms with E-state index in [1.807, 2.05) is 4.68 Å². The Balaban J connectivity index is 1.78. The maximum Gasteiger partial charge on any atom is 0.226 e. The Morgan fingerprint density at radius 3 is 2.74 bits per heavy atom. The largest absolute Gasteiger partial charge is 0.324 e. The van der Waals surface area contributed by atoms with E-state index in [9.17, 15) is 0 Å². The van der Waals surface area contributed by atoms with Crippen LogP contribution in [0.25, 0.3) is 5.70 Å². The lowest BCUT2D eigenvalue weighted by atomic mass is 10.0. The van der Waals surface area contributed by atoms with Gasteiger partial charge in [0.05, 0.1) is 0 Å². The maximum absolute atomic E-state index is 4.40. The molecule has 0 bridgehead atoms. The van der Waals surface area contributed by atoms with Gasteiger partial charge in [0.15, 0.2) is 0 Å². The van der Waals surface area contributed by atoms with E-state index in [4.69, 9.17) is 0 Å². The molecule has 0 spiro atoms. The molecule has 3 heterocycles. The van der Waals surface area contributed by atoms with Crippen LogP contribution < -0.4 is 5.32 Å². The van der Waals surface area contributed by atoms with Crippen LogP contribution in [0.15, 0.2) is 48.1 Å². The molecule has 23 heavy (non-hydrogen) atoms. The SMILES string of the molecule is CCc1ccc(C2=C[C@H](c3sccc3C)n3ncnc3N2)cc1. The molecule has 4 rings (SSSR count). The van der Waals surface area contributed by atoms with Crippen molar-refractivity contribution in [1.82, 2.24) is 14.8 Å². The first-order valence-electron chi connectivity index (χ1n) is 7.78. The lowest BCUT2D eigenvalue weighted by molar-refractivity contribution is 0.618. The lowest BCUT2D eigenvalue weighted by Gasteiger charge is -2.24. The van der Waals surface area contributed by atoms with Crippen molar-refractivity contribution in [2.75, 3.05) is 5.32 Å². The number of anilines is 1. The summed E-state index contributed by atoms with van der Waals surface area (Å²) < 4.78 is 1.95. The lowest BCUT2D eigenvalue weighted by Crippen LogP contribution is -2.20. The molecule has 0 fully saturated rings. The van der Waals surface area contributed by atoms with E-state index in [-0.39, 0.29) is 6.04 Å². The van der Waals surface area contributed by atoms with Gasteiger partial charge in [0, 0.05) is 10.6 Å². The summed E-state index contributed by atoms with van der Waals surface area (Å²) in [5.74, 6) is 0.792. The van der Waals surface area contributed by atoms with E-state index in [1.54, 1.807) is 17.7 Å². The van der Waals surface area contributed by atoms with E-state index in [2.05, 4.69) is 71.0 Å². The number of nitrogens with zero attached hydrogens (tertiary/aromatic N) is 3. The van der Waals surface area contributed by atoms with Crippen LogP contribution in [0.2, 0.25) is 0 Å². The second kappa shape index (κ2) is 5.66. The van der Waals surface area contributed by atoms with Crippen molar-refractivity contribution in [1.29, 1.82) is 0 Å². The van der Waals surface area contributed by atoms with Gasteiger partial charge >= 0.3 is 0 Å². The van der Waals surface area contributed by atoms with Gasteiger partial charge in [-0.15, -0.1) is 11.3 Å². The van der Waals surface area contributed by atoms with Gasteiger partial charge in [0.1, 0.15) is 12.4 Å². The molecule has 5 heteroatoms. The predicted molar refractivity (Wildman–Crippen MR) is 94.6 cm³/mol. The highest BCUT2D eigenvalue weighted by atomic mass is 32.1. The smallest absolute Gasteiger partial charge is 0.226 e. The normalized spacial score (nSPS) is 16.6. The minimum absolute atomic E-state index is 0.0922. The maximum atomic E-state index is 4.40. The summed E-state index contributed by atoms with van der Waals surface area (Å²) in [6.45, 7) is 4.32. The molecule has 0 amide bonds. The molecule has 1 aliphatic rings. The third kappa shape index (κ3) is 2.47. The molecule has 0 unspecified atom stereocenters. The van der Waals surface area contributed by atoms with Crippen molar-refractivity contribution < 1.29 is 0 Å². The van der Waals surface area contributed by atoms with Gasteiger partial charge in [-0.1, -0.05) is 31.2 Å². The van der Waals surface area contributed by atoms with E-state index in [0.29, 0.717) is 0 Å². The Labute approximate surface area is 139 Å². The van der Waals surface area contributed by atoms with E-state index in [0.717, 1.165) is 18.1 Å². The summed E-state index contributed by atoms with van der Waals surface area (Å²) in [5, 5.41) is 9.92. The molecule has 4 nitrogen and oxygen atoms in total. The van der Waals surface area contributed by atoms with E-state index >= 15 is 0 Å². The zero-order chi connectivity index (χ0) is 15.8. The predicted octanol–water partition coefficient (Wildman–Crippen LogP) is 4.27. The van der Waals surface area contributed by atoms with Gasteiger partial charge in [-0.05, 0) is 47.6 Å². The van der Waals surface area contributed by atoms with Crippen LogP contribution in [0.5, 0.6) is 0 Å². The molecule has 1 atom stereocenters. The molecular weight excluding hydrogens is 304 g/mol. The fourth-order valence-electron chi connectivity index (χ4n) is 2.90. The Morgan fingerprint density at radius 2 is 2.04 bits per heavy atom. The summed E-state index contributed by atoms with van der Waals surface area (Å²) in [6, 6.07) is 11.0. The molecule has 1 aliphatic heterocycles. The molecule has 0 radical (unpaired) electrons. The highest BCUT2D eigenvalue weighted by Gasteiger charge is 2.25. The van der Waals surface area contributed by atoms with E-state index in [1.165, 1.54) is 21.6 Å². The van der Waals surface area contributed by atoms with Gasteiger partial charge in [-0.3, -0.25) is 0 Å². The average Bonchev–Trinajstić information content (AvgIpc) is 3.22. The van der Waals surface area contributed by atoms with Crippen molar-refractivity contribution in [2.24, 2.45) is 0 Å². The Bertz CT molecular complexity index is 857. The van der Waals surface area contributed by atoms with Crippen LogP contribution in [0.3, 0.4) is 0 Å². The number of fused-ring (bicyclic) bond motifs is 1. The number of thiophene rings is 1. The highest BCUT2D eigenvalue weighted by Crippen LogP contribution is 2.35. The summed E-state index contributed by atoms with van der Waals surface area (Å²) in [6.07, 6.45) is 4.90. The van der Waals surface area contributed by atoms with Gasteiger partial charge in [-0.25, -0.2) is 4.68 Å². The highest BCUT2D eigenvalue weighted by molar-refractivity contribution is 7.10. The minimum Gasteiger partial charge on any atom is -0.324 e. The number of hydrogen-bond acceptors (Lipinski definition) is 4. The topological polar surface area (TPSA) is 42.7 Å². The zero-order valence-electron chi connectivity index (χ0n) is 13.2. The number of aryl methyl sites for hydroxylation is 2. The first-order chi connectivity index (χ1) is 11.3. The number of nitrogens with one attached hydrogen (secondary N) is 1. The summed E-state index contributed by atoms with van der Waals surface area (Å²) in [4.78, 5) is 5.67. The second-order valence-electron chi connectivity index (χ2n) is 5.70. The van der Waals surface area contributed by atoms with Crippen molar-refractivity contribution in [3.63, 3.8) is 0 Å². The fraction of sp³-hybridized carbons (Fsp3) is 0.222. The number of aromatic nitrogens is 3. The first-order valence-corrected chi connectivity index (χ1v) is 8.66. The molecule has 0 saturated heterocycles. The fourth-order valence-corrected chi connectivity index (χ4v) is 3.88. The van der Waals surface area contributed by atoms with Crippen LogP contribution in [-0.2, 0) is 6.42 Å². The monoisotopic (exact) mass is 322 g/mol. The summed E-state index contributed by atoms with van der Waals surface area (Å²) in [7, 11) is 0. The molecule has 2 aromatic heterocycles. The van der Waals surface area contributed by atoms with Crippen LogP contribution >= 0.6 is 11.3 Å². The van der Waals surface area contributed by atoms with Gasteiger partial charge < -0.3 is 5.32 Å². The van der Waals surface area contributed by atoms with Crippen LogP contribution in [0, 0.1) is 6.92 Å². The minimum atomic E-state index is 0.0922. The third-order valence-corrected chi connectivity index (χ3v) is 5.34. The quantitative estimate of drug-likeness (QED) is 0.783. The summed E-state index contributed by atoms with van der Waals surface area (Å²) in [5.41, 5.74) is 4.90. The van der Waals surface area contributed by atoms with Gasteiger partial charge in [0.2, 0.25) is 5.95 Å². The number of allylic oxidation sites excluding steroid dienone is 1. The van der Waals surface area contributed by atoms with Gasteiger partial charge in [-0.2, -0.15) is 10.1 Å². The van der Waals surface area contributed by atoms with Crippen LogP contribution in [0.1, 0.15) is 34.5 Å². The average molecular weight is 322 g/mol. The Hall–Kier alpha value is -2.40. The third-order valence-electron chi connectivity index (χ3n) is 4.25. The van der Waals surface area contributed by atoms with Crippen molar-refractivity contribution >= 4 is 23.0 Å². The van der Waals surface area contributed by atoms with Crippen LogP contribution in [0.4, 0.5) is 5.95 Å². The van der Waals surface area contributed by atoms with Gasteiger partial charge in [0.25, 0.3) is 0 Å². The van der Waals surface area contributed by atoms with Crippen molar-refractivity contribution in [2.45, 2.75) is 26.3 Å². The molecule has 116 valence electrons. The van der Waals surface area contributed by atoms with E-state index < -0.39 is 0 Å². The Kier molecular flexibility index (Phi) is 3.50. The van der Waals surface area contributed by atoms with Crippen LogP contribution in [-0.4, -0.2) is 14.8 Å². The number of rotatable bonds is 3. The van der Waals surface area contributed by atoms with Crippen molar-refractivity contribution in [3.8, 4) is 0 Å². The first kappa shape index (κ1) is 14.2. The molecule has 3 aromatic rings. The molecule has 0 saturated carbocycles. The molecule has 1 N–H and O–H groups in total. The number of benzene rings is 1. The number of hydrogen-bond donors (Lipinski definition) is 1. The zero-order valence-corrected chi connectivity index (χ0v) is 14.0. The van der Waals surface area contributed by atoms with Crippen molar-refractivity contribution in [3.05, 3.63) is 69.7 Å². The summed E-state index contributed by atoms with van der Waals surface area (Å²) >= 11 is 1.77. The Morgan fingerprint density at radius 1 is 1.22 bits per heavy atom.